The summed E-state index contributed by atoms with van der Waals surface area (Å²) in [5, 5.41) is 2.75. The van der Waals surface area contributed by atoms with Gasteiger partial charge in [-0.2, -0.15) is 8.42 Å². The van der Waals surface area contributed by atoms with E-state index in [2.05, 4.69) is 9.50 Å². The molecule has 0 heterocycles. The maximum Gasteiger partial charge on any atom is 0.267 e. The Morgan fingerprint density at radius 3 is 1.92 bits per heavy atom. The van der Waals surface area contributed by atoms with Crippen LogP contribution in [0.15, 0.2) is 0 Å². The summed E-state index contributed by atoms with van der Waals surface area (Å²) >= 11 is 0. The van der Waals surface area contributed by atoms with Gasteiger partial charge in [-0.1, -0.05) is 6.92 Å². The molecule has 0 unspecified atom stereocenters. The van der Waals surface area contributed by atoms with Crippen molar-refractivity contribution in [1.29, 1.82) is 0 Å². The van der Waals surface area contributed by atoms with Gasteiger partial charge in [0.15, 0.2) is 0 Å². The van der Waals surface area contributed by atoms with Gasteiger partial charge in [0.25, 0.3) is 10.1 Å². The normalized spacial score (nSPS) is 10.3. The van der Waals surface area contributed by atoms with Crippen LogP contribution in [-0.4, -0.2) is 34.9 Å². The maximum atomic E-state index is 10.5. The monoisotopic (exact) mass is 197 g/mol. The van der Waals surface area contributed by atoms with Crippen molar-refractivity contribution < 1.29 is 12.6 Å². The van der Waals surface area contributed by atoms with E-state index in [1.54, 1.807) is 6.92 Å². The predicted octanol–water partition coefficient (Wildman–Crippen LogP) is 0.598. The van der Waals surface area contributed by atoms with E-state index >= 15 is 0 Å². The zero-order valence-corrected chi connectivity index (χ0v) is 9.07. The summed E-state index contributed by atoms with van der Waals surface area (Å²) < 4.78 is 25.6. The Kier molecular flexibility index (Phi) is 10.8. The standard InChI is InChI=1S/C5H12O3S.C2H7N/c1-3-5-8-9(6,7)4-2;1-3-2/h3-5H2,1-2H3;3H,1-2H3. The van der Waals surface area contributed by atoms with Crippen LogP contribution in [0.5, 0.6) is 0 Å². The first-order chi connectivity index (χ1) is 5.54. The smallest absolute Gasteiger partial charge is 0.267 e. The lowest BCUT2D eigenvalue weighted by molar-refractivity contribution is 0.319. The Balaban J connectivity index is 0. The molecule has 4 nitrogen and oxygen atoms in total. The van der Waals surface area contributed by atoms with Gasteiger partial charge in [-0.25, -0.2) is 0 Å². The number of rotatable bonds is 4. The van der Waals surface area contributed by atoms with Crippen molar-refractivity contribution in [3.05, 3.63) is 0 Å². The van der Waals surface area contributed by atoms with E-state index in [9.17, 15) is 8.42 Å². The lowest BCUT2D eigenvalue weighted by Gasteiger charge is -1.98. The van der Waals surface area contributed by atoms with Crippen molar-refractivity contribution in [3.63, 3.8) is 0 Å². The van der Waals surface area contributed by atoms with Crippen LogP contribution in [0.4, 0.5) is 0 Å². The molecule has 0 radical (unpaired) electrons. The first-order valence-corrected chi connectivity index (χ1v) is 5.57. The third-order valence-electron chi connectivity index (χ3n) is 0.821. The molecule has 0 aromatic carbocycles. The molecule has 76 valence electrons. The van der Waals surface area contributed by atoms with E-state index in [0.717, 1.165) is 6.42 Å². The molecule has 0 atom stereocenters. The minimum absolute atomic E-state index is 0.0625. The van der Waals surface area contributed by atoms with E-state index in [4.69, 9.17) is 0 Å². The number of nitrogens with one attached hydrogen (secondary N) is 1. The molecule has 0 spiro atoms. The molecule has 0 aromatic heterocycles. The van der Waals surface area contributed by atoms with Crippen molar-refractivity contribution in [2.24, 2.45) is 0 Å². The zero-order chi connectivity index (χ0) is 10.0. The van der Waals surface area contributed by atoms with Gasteiger partial charge in [0.05, 0.1) is 12.4 Å². The van der Waals surface area contributed by atoms with Crippen LogP contribution >= 0.6 is 0 Å². The lowest BCUT2D eigenvalue weighted by Crippen LogP contribution is -2.08. The Bertz CT molecular complexity index is 165. The molecule has 0 rings (SSSR count). The second-order valence-corrected chi connectivity index (χ2v) is 4.10. The largest absolute Gasteiger partial charge is 0.323 e. The fourth-order valence-electron chi connectivity index (χ4n) is 0.294. The lowest BCUT2D eigenvalue weighted by atomic mass is 10.5. The summed E-state index contributed by atoms with van der Waals surface area (Å²) in [5.74, 6) is 0.0625. The fraction of sp³-hybridized carbons (Fsp3) is 1.00. The molecule has 0 fully saturated rings. The van der Waals surface area contributed by atoms with E-state index in [0.29, 0.717) is 6.61 Å². The van der Waals surface area contributed by atoms with Crippen LogP contribution in [-0.2, 0) is 14.3 Å². The highest BCUT2D eigenvalue weighted by atomic mass is 32.2. The van der Waals surface area contributed by atoms with Gasteiger partial charge in [-0.05, 0) is 27.4 Å². The van der Waals surface area contributed by atoms with Crippen LogP contribution in [0.1, 0.15) is 20.3 Å². The average Bonchev–Trinajstić information content (AvgIpc) is 2.03. The third kappa shape index (κ3) is 12.5. The SMILES string of the molecule is CCCOS(=O)(=O)CC.CNC. The van der Waals surface area contributed by atoms with Gasteiger partial charge < -0.3 is 5.32 Å². The molecule has 0 aliphatic heterocycles. The van der Waals surface area contributed by atoms with Crippen LogP contribution < -0.4 is 5.32 Å². The van der Waals surface area contributed by atoms with Crippen molar-refractivity contribution in [3.8, 4) is 0 Å². The van der Waals surface area contributed by atoms with Gasteiger partial charge in [0, 0.05) is 0 Å². The summed E-state index contributed by atoms with van der Waals surface area (Å²) in [7, 11) is 0.568. The highest BCUT2D eigenvalue weighted by Gasteiger charge is 2.04. The van der Waals surface area contributed by atoms with Crippen LogP contribution in [0.25, 0.3) is 0 Å². The van der Waals surface area contributed by atoms with Crippen molar-refractivity contribution in [2.45, 2.75) is 20.3 Å². The van der Waals surface area contributed by atoms with Gasteiger partial charge in [0.2, 0.25) is 0 Å². The number of hydrogen-bond donors (Lipinski definition) is 1. The van der Waals surface area contributed by atoms with E-state index in [-0.39, 0.29) is 5.75 Å². The second kappa shape index (κ2) is 8.96. The molecule has 0 aliphatic carbocycles. The minimum Gasteiger partial charge on any atom is -0.323 e. The van der Waals surface area contributed by atoms with E-state index < -0.39 is 10.1 Å². The van der Waals surface area contributed by atoms with Crippen LogP contribution in [0.2, 0.25) is 0 Å². The second-order valence-electron chi connectivity index (χ2n) is 2.17. The van der Waals surface area contributed by atoms with Crippen molar-refractivity contribution >= 4 is 10.1 Å². The van der Waals surface area contributed by atoms with Crippen molar-refractivity contribution in [1.82, 2.24) is 5.32 Å². The summed E-state index contributed by atoms with van der Waals surface area (Å²) in [6.07, 6.45) is 0.735. The summed E-state index contributed by atoms with van der Waals surface area (Å²) in [4.78, 5) is 0. The van der Waals surface area contributed by atoms with Gasteiger partial charge in [-0.15, -0.1) is 0 Å². The molecule has 0 saturated heterocycles. The first kappa shape index (κ1) is 14.4. The summed E-state index contributed by atoms with van der Waals surface area (Å²) in [6, 6.07) is 0. The van der Waals surface area contributed by atoms with E-state index in [1.807, 2.05) is 21.0 Å². The Labute approximate surface area is 75.4 Å². The number of hydrogen-bond acceptors (Lipinski definition) is 4. The van der Waals surface area contributed by atoms with Crippen molar-refractivity contribution in [2.75, 3.05) is 26.5 Å². The quantitative estimate of drug-likeness (QED) is 0.670. The molecular formula is C7H19NO3S. The highest BCUT2D eigenvalue weighted by molar-refractivity contribution is 7.86. The molecule has 0 aliphatic rings. The van der Waals surface area contributed by atoms with Crippen LogP contribution in [0, 0.1) is 0 Å². The maximum absolute atomic E-state index is 10.5. The Hall–Kier alpha value is -0.130. The third-order valence-corrected chi connectivity index (χ3v) is 2.05. The Morgan fingerprint density at radius 1 is 1.25 bits per heavy atom. The highest BCUT2D eigenvalue weighted by Crippen LogP contribution is 1.92. The zero-order valence-electron chi connectivity index (χ0n) is 8.25. The molecule has 0 aromatic rings. The first-order valence-electron chi connectivity index (χ1n) is 3.99. The fourth-order valence-corrected chi connectivity index (χ4v) is 0.881. The molecule has 1 N–H and O–H groups in total. The molecule has 12 heavy (non-hydrogen) atoms. The van der Waals surface area contributed by atoms with Crippen LogP contribution in [0.3, 0.4) is 0 Å². The van der Waals surface area contributed by atoms with Gasteiger partial charge in [-0.3, -0.25) is 4.18 Å². The summed E-state index contributed by atoms with van der Waals surface area (Å²) in [5.41, 5.74) is 0. The Morgan fingerprint density at radius 2 is 1.67 bits per heavy atom. The predicted molar refractivity (Wildman–Crippen MR) is 50.7 cm³/mol. The topological polar surface area (TPSA) is 55.4 Å². The molecule has 0 amide bonds. The molecule has 5 heteroatoms. The molecule has 0 saturated carbocycles. The molecular weight excluding hydrogens is 178 g/mol. The van der Waals surface area contributed by atoms with Gasteiger partial charge in [0.1, 0.15) is 0 Å². The van der Waals surface area contributed by atoms with Gasteiger partial charge >= 0.3 is 0 Å². The van der Waals surface area contributed by atoms with E-state index in [1.165, 1.54) is 0 Å². The summed E-state index contributed by atoms with van der Waals surface area (Å²) in [6.45, 7) is 3.73. The molecule has 0 bridgehead atoms. The average molecular weight is 197 g/mol. The minimum atomic E-state index is -3.18.